The number of methoxy groups -OCH3 is 1. The molecule has 12 heavy (non-hydrogen) atoms. The van der Waals surface area contributed by atoms with Gasteiger partial charge in [0.15, 0.2) is 0 Å². The Hall–Kier alpha value is -0.0400. The molecule has 1 nitrogen and oxygen atoms in total. The van der Waals surface area contributed by atoms with E-state index in [-0.39, 0.29) is 0 Å². The first-order chi connectivity index (χ1) is 5.79. The molecule has 3 atom stereocenters. The largest absolute Gasteiger partial charge is 0.381 e. The fraction of sp³-hybridized carbons (Fsp3) is 1.00. The molecule has 1 fully saturated rings. The fourth-order valence-corrected chi connectivity index (χ4v) is 2.37. The van der Waals surface area contributed by atoms with Gasteiger partial charge in [-0.1, -0.05) is 33.1 Å². The molecule has 1 saturated carbocycles. The molecule has 0 aromatic rings. The first kappa shape index (κ1) is 10.0. The minimum Gasteiger partial charge on any atom is -0.381 e. The maximum atomic E-state index is 5.53. The van der Waals surface area contributed by atoms with Crippen molar-refractivity contribution in [3.8, 4) is 0 Å². The highest BCUT2D eigenvalue weighted by molar-refractivity contribution is 4.78. The van der Waals surface area contributed by atoms with Gasteiger partial charge in [-0.25, -0.2) is 0 Å². The first-order valence-corrected chi connectivity index (χ1v) is 5.32. The maximum Gasteiger partial charge on any atom is 0.0602 e. The number of rotatable bonds is 3. The summed E-state index contributed by atoms with van der Waals surface area (Å²) in [6, 6.07) is 0. The number of ether oxygens (including phenoxy) is 1. The Morgan fingerprint density at radius 2 is 2.00 bits per heavy atom. The molecule has 0 amide bonds. The van der Waals surface area contributed by atoms with E-state index in [2.05, 4.69) is 13.8 Å². The molecule has 3 unspecified atom stereocenters. The minimum atomic E-state index is 0.550. The normalized spacial score (nSPS) is 33.2. The van der Waals surface area contributed by atoms with Gasteiger partial charge in [0, 0.05) is 7.11 Å². The van der Waals surface area contributed by atoms with Crippen LogP contribution < -0.4 is 0 Å². The van der Waals surface area contributed by atoms with Crippen molar-refractivity contribution in [1.82, 2.24) is 0 Å². The van der Waals surface area contributed by atoms with Crippen LogP contribution in [0, 0.1) is 11.8 Å². The molecule has 0 spiro atoms. The van der Waals surface area contributed by atoms with E-state index >= 15 is 0 Å². The van der Waals surface area contributed by atoms with Crippen molar-refractivity contribution in [1.29, 1.82) is 0 Å². The van der Waals surface area contributed by atoms with Crippen LogP contribution in [0.3, 0.4) is 0 Å². The van der Waals surface area contributed by atoms with Gasteiger partial charge in [0.1, 0.15) is 0 Å². The summed E-state index contributed by atoms with van der Waals surface area (Å²) in [6.45, 7) is 4.65. The Morgan fingerprint density at radius 3 is 2.58 bits per heavy atom. The summed E-state index contributed by atoms with van der Waals surface area (Å²) in [5.74, 6) is 1.67. The maximum absolute atomic E-state index is 5.53. The summed E-state index contributed by atoms with van der Waals surface area (Å²) in [5, 5.41) is 0. The average Bonchev–Trinajstić information content (AvgIpc) is 2.16. The molecular formula is C11H22O. The summed E-state index contributed by atoms with van der Waals surface area (Å²) in [7, 11) is 1.87. The van der Waals surface area contributed by atoms with Gasteiger partial charge in [-0.15, -0.1) is 0 Å². The summed E-state index contributed by atoms with van der Waals surface area (Å²) < 4.78 is 5.53. The molecule has 1 aliphatic rings. The van der Waals surface area contributed by atoms with Crippen molar-refractivity contribution >= 4 is 0 Å². The van der Waals surface area contributed by atoms with Crippen molar-refractivity contribution in [2.75, 3.05) is 7.11 Å². The third kappa shape index (κ3) is 2.22. The lowest BCUT2D eigenvalue weighted by Crippen LogP contribution is -2.31. The van der Waals surface area contributed by atoms with Crippen LogP contribution in [-0.2, 0) is 4.74 Å². The molecule has 0 aromatic carbocycles. The summed E-state index contributed by atoms with van der Waals surface area (Å²) in [6.07, 6.45) is 7.29. The SMILES string of the molecule is CCC(C)C1CCCCC1OC. The Balaban J connectivity index is 2.46. The van der Waals surface area contributed by atoms with E-state index in [9.17, 15) is 0 Å². The lowest BCUT2D eigenvalue weighted by molar-refractivity contribution is 0.00130. The van der Waals surface area contributed by atoms with Gasteiger partial charge in [-0.05, 0) is 24.7 Å². The van der Waals surface area contributed by atoms with Gasteiger partial charge in [0.2, 0.25) is 0 Å². The highest BCUT2D eigenvalue weighted by Crippen LogP contribution is 2.33. The average molecular weight is 170 g/mol. The van der Waals surface area contributed by atoms with E-state index in [0.717, 1.165) is 11.8 Å². The highest BCUT2D eigenvalue weighted by Gasteiger charge is 2.28. The zero-order valence-electron chi connectivity index (χ0n) is 8.68. The van der Waals surface area contributed by atoms with E-state index in [1.807, 2.05) is 7.11 Å². The summed E-state index contributed by atoms with van der Waals surface area (Å²) in [5.41, 5.74) is 0. The van der Waals surface area contributed by atoms with E-state index in [0.29, 0.717) is 6.10 Å². The second-order valence-corrected chi connectivity index (χ2v) is 4.11. The number of hydrogen-bond donors (Lipinski definition) is 0. The molecule has 0 aliphatic heterocycles. The van der Waals surface area contributed by atoms with Gasteiger partial charge < -0.3 is 4.74 Å². The summed E-state index contributed by atoms with van der Waals surface area (Å²) >= 11 is 0. The first-order valence-electron chi connectivity index (χ1n) is 5.32. The van der Waals surface area contributed by atoms with Crippen molar-refractivity contribution in [3.05, 3.63) is 0 Å². The van der Waals surface area contributed by atoms with Gasteiger partial charge in [0.05, 0.1) is 6.10 Å². The van der Waals surface area contributed by atoms with Gasteiger partial charge in [0.25, 0.3) is 0 Å². The van der Waals surface area contributed by atoms with Crippen molar-refractivity contribution < 1.29 is 4.74 Å². The quantitative estimate of drug-likeness (QED) is 0.632. The van der Waals surface area contributed by atoms with Crippen molar-refractivity contribution in [3.63, 3.8) is 0 Å². The third-order valence-electron chi connectivity index (χ3n) is 3.43. The standard InChI is InChI=1S/C11H22O/c1-4-9(2)10-7-5-6-8-11(10)12-3/h9-11H,4-8H2,1-3H3. The van der Waals surface area contributed by atoms with Gasteiger partial charge in [-0.3, -0.25) is 0 Å². The minimum absolute atomic E-state index is 0.550. The Labute approximate surface area is 76.5 Å². The second kappa shape index (κ2) is 4.86. The molecule has 0 saturated heterocycles. The zero-order chi connectivity index (χ0) is 8.97. The third-order valence-corrected chi connectivity index (χ3v) is 3.43. The molecule has 1 aliphatic carbocycles. The zero-order valence-corrected chi connectivity index (χ0v) is 8.68. The van der Waals surface area contributed by atoms with Crippen LogP contribution in [0.1, 0.15) is 46.0 Å². The molecule has 0 bridgehead atoms. The van der Waals surface area contributed by atoms with Crippen molar-refractivity contribution in [2.45, 2.75) is 52.1 Å². The van der Waals surface area contributed by atoms with Crippen LogP contribution >= 0.6 is 0 Å². The van der Waals surface area contributed by atoms with E-state index in [1.54, 1.807) is 0 Å². The number of hydrogen-bond acceptors (Lipinski definition) is 1. The lowest BCUT2D eigenvalue weighted by Gasteiger charge is -2.34. The predicted octanol–water partition coefficient (Wildman–Crippen LogP) is 3.24. The van der Waals surface area contributed by atoms with Gasteiger partial charge >= 0.3 is 0 Å². The van der Waals surface area contributed by atoms with Crippen LogP contribution in [0.5, 0.6) is 0 Å². The fourth-order valence-electron chi connectivity index (χ4n) is 2.37. The Morgan fingerprint density at radius 1 is 1.33 bits per heavy atom. The molecule has 1 rings (SSSR count). The molecular weight excluding hydrogens is 148 g/mol. The van der Waals surface area contributed by atoms with Crippen LogP contribution in [0.2, 0.25) is 0 Å². The predicted molar refractivity (Wildman–Crippen MR) is 52.2 cm³/mol. The molecule has 0 heterocycles. The van der Waals surface area contributed by atoms with Crippen molar-refractivity contribution in [2.24, 2.45) is 11.8 Å². The summed E-state index contributed by atoms with van der Waals surface area (Å²) in [4.78, 5) is 0. The van der Waals surface area contributed by atoms with Gasteiger partial charge in [-0.2, -0.15) is 0 Å². The van der Waals surface area contributed by atoms with Crippen LogP contribution in [0.25, 0.3) is 0 Å². The van der Waals surface area contributed by atoms with E-state index in [4.69, 9.17) is 4.74 Å². The van der Waals surface area contributed by atoms with Crippen LogP contribution in [-0.4, -0.2) is 13.2 Å². The molecule has 72 valence electrons. The smallest absolute Gasteiger partial charge is 0.0602 e. The molecule has 1 heteroatoms. The Bertz CT molecular complexity index is 122. The van der Waals surface area contributed by atoms with Crippen LogP contribution in [0.15, 0.2) is 0 Å². The topological polar surface area (TPSA) is 9.23 Å². The van der Waals surface area contributed by atoms with E-state index in [1.165, 1.54) is 32.1 Å². The molecule has 0 radical (unpaired) electrons. The molecule has 0 aromatic heterocycles. The highest BCUT2D eigenvalue weighted by atomic mass is 16.5. The Kier molecular flexibility index (Phi) is 4.07. The lowest BCUT2D eigenvalue weighted by atomic mass is 9.77. The molecule has 0 N–H and O–H groups in total. The van der Waals surface area contributed by atoms with Crippen LogP contribution in [0.4, 0.5) is 0 Å². The second-order valence-electron chi connectivity index (χ2n) is 4.11. The monoisotopic (exact) mass is 170 g/mol. The van der Waals surface area contributed by atoms with E-state index < -0.39 is 0 Å².